The van der Waals surface area contributed by atoms with Gasteiger partial charge >= 0.3 is 6.18 Å². The Morgan fingerprint density at radius 2 is 1.63 bits per heavy atom. The predicted molar refractivity (Wildman–Crippen MR) is 144 cm³/mol. The summed E-state index contributed by atoms with van der Waals surface area (Å²) in [5, 5.41) is 5.53. The molecule has 224 valence electrons. The molecule has 0 aliphatic carbocycles. The molecule has 0 saturated carbocycles. The molecule has 2 heterocycles. The standard InChI is InChI=1S/C27H31ClF5N5O3/c28-19-2-4-21(22(15-19)38-9-7-36(8-10-38)6-5-27(31,32)33)35-26(40)20-3-1-18(24(29)25(20)30)16-34-23(39)17-37-11-13-41-14-12-37/h1-4,15H,5-14,16-17H2,(H,34,39)(H,35,40). The number of hydrogen-bond acceptors (Lipinski definition) is 6. The topological polar surface area (TPSA) is 77.1 Å². The molecule has 0 atom stereocenters. The largest absolute Gasteiger partial charge is 0.390 e. The zero-order chi connectivity index (χ0) is 29.6. The second-order valence-corrected chi connectivity index (χ2v) is 10.3. The van der Waals surface area contributed by atoms with Crippen LogP contribution in [0.25, 0.3) is 0 Å². The first-order valence-corrected chi connectivity index (χ1v) is 13.6. The third-order valence-electron chi connectivity index (χ3n) is 6.99. The highest BCUT2D eigenvalue weighted by Crippen LogP contribution is 2.31. The van der Waals surface area contributed by atoms with Gasteiger partial charge in [0, 0.05) is 62.9 Å². The minimum absolute atomic E-state index is 0.102. The smallest absolute Gasteiger partial charge is 0.379 e. The third kappa shape index (κ3) is 8.74. The van der Waals surface area contributed by atoms with Crippen LogP contribution in [0.1, 0.15) is 22.3 Å². The zero-order valence-corrected chi connectivity index (χ0v) is 23.0. The molecule has 0 radical (unpaired) electrons. The van der Waals surface area contributed by atoms with E-state index in [-0.39, 0.29) is 31.1 Å². The van der Waals surface area contributed by atoms with Gasteiger partial charge in [0.25, 0.3) is 5.91 Å². The summed E-state index contributed by atoms with van der Waals surface area (Å²) < 4.78 is 72.7. The van der Waals surface area contributed by atoms with E-state index in [4.69, 9.17) is 16.3 Å². The quantitative estimate of drug-likeness (QED) is 0.424. The number of anilines is 2. The van der Waals surface area contributed by atoms with Crippen LogP contribution in [0, 0.1) is 11.6 Å². The van der Waals surface area contributed by atoms with Gasteiger partial charge in [-0.3, -0.25) is 19.4 Å². The molecule has 2 amide bonds. The number of amides is 2. The van der Waals surface area contributed by atoms with E-state index >= 15 is 0 Å². The number of halogens is 6. The Kier molecular flexibility index (Phi) is 10.4. The van der Waals surface area contributed by atoms with Gasteiger partial charge in [0.2, 0.25) is 5.91 Å². The van der Waals surface area contributed by atoms with Gasteiger partial charge in [0.15, 0.2) is 11.6 Å². The number of carbonyl (C=O) groups excluding carboxylic acids is 2. The van der Waals surface area contributed by atoms with Gasteiger partial charge in [-0.15, -0.1) is 0 Å². The van der Waals surface area contributed by atoms with E-state index in [0.29, 0.717) is 68.9 Å². The second-order valence-electron chi connectivity index (χ2n) is 9.87. The number of rotatable bonds is 9. The lowest BCUT2D eigenvalue weighted by Gasteiger charge is -2.37. The summed E-state index contributed by atoms with van der Waals surface area (Å²) in [5.41, 5.74) is 0.179. The van der Waals surface area contributed by atoms with Crippen molar-refractivity contribution < 1.29 is 36.3 Å². The average molecular weight is 604 g/mol. The molecule has 2 fully saturated rings. The molecular formula is C27H31ClF5N5O3. The summed E-state index contributed by atoms with van der Waals surface area (Å²) in [6.07, 6.45) is -5.13. The molecule has 2 aromatic carbocycles. The van der Waals surface area contributed by atoms with Gasteiger partial charge in [-0.05, 0) is 24.3 Å². The van der Waals surface area contributed by atoms with E-state index in [1.54, 1.807) is 11.0 Å². The first-order valence-electron chi connectivity index (χ1n) is 13.2. The molecule has 4 rings (SSSR count). The highest BCUT2D eigenvalue weighted by molar-refractivity contribution is 6.31. The first-order chi connectivity index (χ1) is 19.5. The van der Waals surface area contributed by atoms with Crippen molar-refractivity contribution in [3.8, 4) is 0 Å². The van der Waals surface area contributed by atoms with E-state index in [2.05, 4.69) is 10.6 Å². The Hall–Kier alpha value is -3.00. The average Bonchev–Trinajstić information content (AvgIpc) is 2.94. The van der Waals surface area contributed by atoms with Crippen molar-refractivity contribution >= 4 is 34.8 Å². The summed E-state index contributed by atoms with van der Waals surface area (Å²) in [5.74, 6) is -3.83. The molecule has 2 aromatic rings. The normalized spacial score (nSPS) is 17.0. The molecule has 2 aliphatic rings. The maximum atomic E-state index is 14.9. The van der Waals surface area contributed by atoms with Gasteiger partial charge < -0.3 is 20.3 Å². The first kappa shape index (κ1) is 30.9. The number of hydrogen-bond donors (Lipinski definition) is 2. The summed E-state index contributed by atoms with van der Waals surface area (Å²) >= 11 is 6.17. The van der Waals surface area contributed by atoms with E-state index < -0.39 is 35.7 Å². The summed E-state index contributed by atoms with van der Waals surface area (Å²) in [6, 6.07) is 7.04. The number of morpholine rings is 1. The van der Waals surface area contributed by atoms with Crippen molar-refractivity contribution in [2.45, 2.75) is 19.1 Å². The SMILES string of the molecule is O=C(CN1CCOCC1)NCc1ccc(C(=O)Nc2ccc(Cl)cc2N2CCN(CCC(F)(F)F)CC2)c(F)c1F. The Morgan fingerprint density at radius 3 is 2.32 bits per heavy atom. The Bertz CT molecular complexity index is 1230. The number of nitrogens with zero attached hydrogens (tertiary/aromatic N) is 3. The van der Waals surface area contributed by atoms with Crippen molar-refractivity contribution in [1.29, 1.82) is 0 Å². The molecule has 2 aliphatic heterocycles. The molecular weight excluding hydrogens is 573 g/mol. The van der Waals surface area contributed by atoms with Crippen molar-refractivity contribution in [2.24, 2.45) is 0 Å². The van der Waals surface area contributed by atoms with Gasteiger partial charge in [0.05, 0.1) is 43.1 Å². The van der Waals surface area contributed by atoms with Crippen molar-refractivity contribution in [2.75, 3.05) is 75.8 Å². The fourth-order valence-electron chi connectivity index (χ4n) is 4.67. The van der Waals surface area contributed by atoms with Gasteiger partial charge in [-0.2, -0.15) is 13.2 Å². The van der Waals surface area contributed by atoms with E-state index in [9.17, 15) is 31.5 Å². The second kappa shape index (κ2) is 13.8. The van der Waals surface area contributed by atoms with Gasteiger partial charge in [-0.25, -0.2) is 8.78 Å². The number of ether oxygens (including phenoxy) is 1. The third-order valence-corrected chi connectivity index (χ3v) is 7.22. The fourth-order valence-corrected chi connectivity index (χ4v) is 4.84. The number of carbonyl (C=O) groups is 2. The maximum Gasteiger partial charge on any atom is 0.390 e. The lowest BCUT2D eigenvalue weighted by Crippen LogP contribution is -2.47. The van der Waals surface area contributed by atoms with Crippen LogP contribution in [0.15, 0.2) is 30.3 Å². The van der Waals surface area contributed by atoms with Crippen LogP contribution < -0.4 is 15.5 Å². The summed E-state index contributed by atoms with van der Waals surface area (Å²) in [4.78, 5) is 30.6. The van der Waals surface area contributed by atoms with Gasteiger partial charge in [-0.1, -0.05) is 17.7 Å². The van der Waals surface area contributed by atoms with Crippen molar-refractivity contribution in [3.63, 3.8) is 0 Å². The zero-order valence-electron chi connectivity index (χ0n) is 22.2. The molecule has 8 nitrogen and oxygen atoms in total. The van der Waals surface area contributed by atoms with Crippen LogP contribution in [0.4, 0.5) is 33.3 Å². The lowest BCUT2D eigenvalue weighted by atomic mass is 10.1. The summed E-state index contributed by atoms with van der Waals surface area (Å²) in [7, 11) is 0. The van der Waals surface area contributed by atoms with Crippen LogP contribution in [-0.4, -0.2) is 93.4 Å². The molecule has 0 aromatic heterocycles. The molecule has 0 unspecified atom stereocenters. The van der Waals surface area contributed by atoms with Crippen LogP contribution in [-0.2, 0) is 16.1 Å². The lowest BCUT2D eigenvalue weighted by molar-refractivity contribution is -0.138. The van der Waals surface area contributed by atoms with Crippen LogP contribution in [0.2, 0.25) is 5.02 Å². The minimum atomic E-state index is -4.23. The number of piperazine rings is 1. The van der Waals surface area contributed by atoms with E-state index in [1.165, 1.54) is 18.2 Å². The molecule has 14 heteroatoms. The van der Waals surface area contributed by atoms with E-state index in [1.807, 2.05) is 9.80 Å². The van der Waals surface area contributed by atoms with Crippen molar-refractivity contribution in [1.82, 2.24) is 15.1 Å². The fraction of sp³-hybridized carbons (Fsp3) is 0.481. The number of benzene rings is 2. The molecule has 0 spiro atoms. The minimum Gasteiger partial charge on any atom is -0.379 e. The monoisotopic (exact) mass is 603 g/mol. The Balaban J connectivity index is 1.38. The number of nitrogens with one attached hydrogen (secondary N) is 2. The van der Waals surface area contributed by atoms with Crippen LogP contribution >= 0.6 is 11.6 Å². The Labute approximate surface area is 239 Å². The maximum absolute atomic E-state index is 14.9. The predicted octanol–water partition coefficient (Wildman–Crippen LogP) is 3.89. The molecule has 0 bridgehead atoms. The summed E-state index contributed by atoms with van der Waals surface area (Å²) in [6.45, 7) is 3.54. The van der Waals surface area contributed by atoms with E-state index in [0.717, 1.165) is 6.07 Å². The molecule has 2 N–H and O–H groups in total. The van der Waals surface area contributed by atoms with Crippen LogP contribution in [0.3, 0.4) is 0 Å². The number of alkyl halides is 3. The molecule has 41 heavy (non-hydrogen) atoms. The van der Waals surface area contributed by atoms with Crippen LogP contribution in [0.5, 0.6) is 0 Å². The Morgan fingerprint density at radius 1 is 0.927 bits per heavy atom. The highest BCUT2D eigenvalue weighted by atomic mass is 35.5. The highest BCUT2D eigenvalue weighted by Gasteiger charge is 2.29. The van der Waals surface area contributed by atoms with Gasteiger partial charge in [0.1, 0.15) is 0 Å². The van der Waals surface area contributed by atoms with Crippen molar-refractivity contribution in [3.05, 3.63) is 58.1 Å². The molecule has 2 saturated heterocycles.